The molecule has 3 aromatic rings. The molecule has 0 unspecified atom stereocenters. The number of hydrogen-bond acceptors (Lipinski definition) is 5. The largest absolute Gasteiger partial charge is 0.422 e. The molecular weight excluding hydrogens is 490 g/mol. The lowest BCUT2D eigenvalue weighted by Gasteiger charge is -2.10. The van der Waals surface area contributed by atoms with Crippen LogP contribution in [0.2, 0.25) is 0 Å². The fourth-order valence-corrected chi connectivity index (χ4v) is 4.30. The third kappa shape index (κ3) is 10.3. The van der Waals surface area contributed by atoms with Gasteiger partial charge >= 0.3 is 5.97 Å². The van der Waals surface area contributed by atoms with Gasteiger partial charge in [0.15, 0.2) is 0 Å². The predicted molar refractivity (Wildman–Crippen MR) is 156 cm³/mol. The van der Waals surface area contributed by atoms with Crippen LogP contribution < -0.4 is 15.5 Å². The molecule has 0 aliphatic rings. The number of amides is 2. The van der Waals surface area contributed by atoms with E-state index in [2.05, 4.69) is 22.8 Å². The molecule has 0 saturated heterocycles. The van der Waals surface area contributed by atoms with Gasteiger partial charge in [-0.15, -0.1) is 0 Å². The lowest BCUT2D eigenvalue weighted by atomic mass is 10.0. The van der Waals surface area contributed by atoms with Gasteiger partial charge in [0.05, 0.1) is 18.3 Å². The Hall–Kier alpha value is -4.00. The van der Waals surface area contributed by atoms with Crippen molar-refractivity contribution in [1.29, 1.82) is 0 Å². The van der Waals surface area contributed by atoms with E-state index in [0.29, 0.717) is 23.3 Å². The van der Waals surface area contributed by atoms with E-state index in [-0.39, 0.29) is 12.5 Å². The molecule has 2 N–H and O–H groups in total. The summed E-state index contributed by atoms with van der Waals surface area (Å²) in [7, 11) is 0. The van der Waals surface area contributed by atoms with Crippen LogP contribution >= 0.6 is 0 Å². The smallest absolute Gasteiger partial charge is 0.343 e. The first kappa shape index (κ1) is 29.6. The lowest BCUT2D eigenvalue weighted by molar-refractivity contribution is -0.126. The number of esters is 1. The van der Waals surface area contributed by atoms with Crippen LogP contribution in [0.4, 0.5) is 0 Å². The summed E-state index contributed by atoms with van der Waals surface area (Å²) in [5.41, 5.74) is 3.44. The van der Waals surface area contributed by atoms with Gasteiger partial charge in [-0.1, -0.05) is 107 Å². The number of carbonyl (C=O) groups excluding carboxylic acids is 3. The summed E-state index contributed by atoms with van der Waals surface area (Å²) in [4.78, 5) is 37.0. The molecule has 0 aliphatic carbocycles. The highest BCUT2D eigenvalue weighted by atomic mass is 16.5. The Morgan fingerprint density at radius 2 is 1.44 bits per heavy atom. The van der Waals surface area contributed by atoms with Crippen LogP contribution in [0.3, 0.4) is 0 Å². The molecule has 0 aliphatic heterocycles. The summed E-state index contributed by atoms with van der Waals surface area (Å²) < 4.78 is 5.66. The minimum absolute atomic E-state index is 0.138. The van der Waals surface area contributed by atoms with E-state index in [1.54, 1.807) is 30.3 Å². The second-order valence-electron chi connectivity index (χ2n) is 9.60. The normalized spacial score (nSPS) is 11.0. The van der Waals surface area contributed by atoms with Crippen molar-refractivity contribution in [3.05, 3.63) is 77.9 Å². The fraction of sp³-hybridized carbons (Fsp3) is 0.375. The number of unbranched alkanes of at least 4 members (excludes halogenated alkanes) is 8. The average molecular weight is 530 g/mol. The Balaban J connectivity index is 1.46. The van der Waals surface area contributed by atoms with E-state index >= 15 is 0 Å². The Kier molecular flexibility index (Phi) is 12.7. The summed E-state index contributed by atoms with van der Waals surface area (Å²) in [6.07, 6.45) is 12.5. The van der Waals surface area contributed by atoms with Gasteiger partial charge in [-0.3, -0.25) is 9.59 Å². The van der Waals surface area contributed by atoms with Crippen LogP contribution in [0.25, 0.3) is 10.8 Å². The molecule has 0 aromatic heterocycles. The van der Waals surface area contributed by atoms with Gasteiger partial charge in [0.25, 0.3) is 5.91 Å². The molecule has 0 heterocycles. The van der Waals surface area contributed by atoms with E-state index in [9.17, 15) is 14.4 Å². The van der Waals surface area contributed by atoms with Crippen molar-refractivity contribution in [3.8, 4) is 5.75 Å². The molecule has 0 saturated carbocycles. The van der Waals surface area contributed by atoms with Gasteiger partial charge in [0, 0.05) is 12.0 Å². The van der Waals surface area contributed by atoms with E-state index in [1.165, 1.54) is 44.7 Å². The molecule has 0 spiro atoms. The standard InChI is InChI=1S/C32H39N3O4/c1-2-3-4-5-6-7-8-9-13-20-30(36)33-24-31(37)35-34-23-28-27-19-15-14-16-25(27)21-22-29(28)39-32(38)26-17-11-10-12-18-26/h10-12,14-19,21-23H,2-9,13,20,24H2,1H3,(H,33,36)(H,35,37). The van der Waals surface area contributed by atoms with Gasteiger partial charge < -0.3 is 10.1 Å². The van der Waals surface area contributed by atoms with Crippen molar-refractivity contribution < 1.29 is 19.1 Å². The number of carbonyl (C=O) groups is 3. The van der Waals surface area contributed by atoms with Crippen LogP contribution in [0.5, 0.6) is 5.75 Å². The second-order valence-corrected chi connectivity index (χ2v) is 9.60. The van der Waals surface area contributed by atoms with Crippen LogP contribution in [-0.2, 0) is 9.59 Å². The monoisotopic (exact) mass is 529 g/mol. The van der Waals surface area contributed by atoms with Gasteiger partial charge in [0.1, 0.15) is 5.75 Å². The Bertz CT molecular complexity index is 1240. The number of hydrogen-bond donors (Lipinski definition) is 2. The second kappa shape index (κ2) is 16.8. The van der Waals surface area contributed by atoms with Crippen molar-refractivity contribution in [2.45, 2.75) is 71.1 Å². The van der Waals surface area contributed by atoms with Crippen molar-refractivity contribution in [3.63, 3.8) is 0 Å². The molecule has 7 heteroatoms. The maximum absolute atomic E-state index is 12.6. The van der Waals surface area contributed by atoms with Crippen LogP contribution in [0, 0.1) is 0 Å². The fourth-order valence-electron chi connectivity index (χ4n) is 4.30. The number of nitrogens with zero attached hydrogens (tertiary/aromatic N) is 1. The molecule has 3 aromatic carbocycles. The van der Waals surface area contributed by atoms with Crippen molar-refractivity contribution in [2.24, 2.45) is 5.10 Å². The molecule has 206 valence electrons. The summed E-state index contributed by atoms with van der Waals surface area (Å²) in [6.45, 7) is 2.07. The van der Waals surface area contributed by atoms with Crippen LogP contribution in [0.1, 0.15) is 87.1 Å². The molecule has 3 rings (SSSR count). The van der Waals surface area contributed by atoms with Gasteiger partial charge in [-0.2, -0.15) is 5.10 Å². The van der Waals surface area contributed by atoms with Gasteiger partial charge in [0.2, 0.25) is 5.91 Å². The highest BCUT2D eigenvalue weighted by Crippen LogP contribution is 2.27. The first-order valence-electron chi connectivity index (χ1n) is 14.0. The average Bonchev–Trinajstić information content (AvgIpc) is 2.96. The number of rotatable bonds is 16. The molecule has 2 amide bonds. The summed E-state index contributed by atoms with van der Waals surface area (Å²) >= 11 is 0. The van der Waals surface area contributed by atoms with Gasteiger partial charge in [-0.05, 0) is 35.4 Å². The van der Waals surface area contributed by atoms with Crippen LogP contribution in [0.15, 0.2) is 71.8 Å². The maximum Gasteiger partial charge on any atom is 0.343 e. The van der Waals surface area contributed by atoms with E-state index < -0.39 is 11.9 Å². The molecule has 0 bridgehead atoms. The highest BCUT2D eigenvalue weighted by molar-refractivity contribution is 6.04. The molecule has 0 atom stereocenters. The van der Waals surface area contributed by atoms with Crippen molar-refractivity contribution >= 4 is 34.8 Å². The molecule has 0 fully saturated rings. The zero-order valence-electron chi connectivity index (χ0n) is 22.8. The lowest BCUT2D eigenvalue weighted by Crippen LogP contribution is -2.34. The SMILES string of the molecule is CCCCCCCCCCCC(=O)NCC(=O)NN=Cc1c(OC(=O)c2ccccc2)ccc2ccccc12. The Labute approximate surface area is 231 Å². The first-order valence-corrected chi connectivity index (χ1v) is 14.0. The Morgan fingerprint density at radius 1 is 0.769 bits per heavy atom. The minimum Gasteiger partial charge on any atom is -0.422 e. The zero-order chi connectivity index (χ0) is 27.7. The Morgan fingerprint density at radius 3 is 2.18 bits per heavy atom. The van der Waals surface area contributed by atoms with Gasteiger partial charge in [-0.25, -0.2) is 10.2 Å². The molecule has 0 radical (unpaired) electrons. The minimum atomic E-state index is -0.487. The van der Waals surface area contributed by atoms with E-state index in [4.69, 9.17) is 4.74 Å². The molecule has 7 nitrogen and oxygen atoms in total. The van der Waals surface area contributed by atoms with Crippen molar-refractivity contribution in [2.75, 3.05) is 6.54 Å². The number of benzene rings is 3. The summed E-state index contributed by atoms with van der Waals surface area (Å²) in [5.74, 6) is -0.731. The van der Waals surface area contributed by atoms with Crippen LogP contribution in [-0.4, -0.2) is 30.5 Å². The number of fused-ring (bicyclic) bond motifs is 1. The van der Waals surface area contributed by atoms with Crippen molar-refractivity contribution in [1.82, 2.24) is 10.7 Å². The highest BCUT2D eigenvalue weighted by Gasteiger charge is 2.13. The van der Waals surface area contributed by atoms with E-state index in [0.717, 1.165) is 30.0 Å². The topological polar surface area (TPSA) is 96.9 Å². The zero-order valence-corrected chi connectivity index (χ0v) is 22.8. The number of ether oxygens (including phenoxy) is 1. The molecular formula is C32H39N3O4. The summed E-state index contributed by atoms with van der Waals surface area (Å²) in [6, 6.07) is 19.9. The first-order chi connectivity index (χ1) is 19.1. The number of nitrogens with one attached hydrogen (secondary N) is 2. The summed E-state index contributed by atoms with van der Waals surface area (Å²) in [5, 5.41) is 8.47. The molecule has 39 heavy (non-hydrogen) atoms. The third-order valence-corrected chi connectivity index (χ3v) is 6.48. The van der Waals surface area contributed by atoms with E-state index in [1.807, 2.05) is 36.4 Å². The predicted octanol–water partition coefficient (Wildman–Crippen LogP) is 6.55. The maximum atomic E-state index is 12.6. The quantitative estimate of drug-likeness (QED) is 0.0723. The third-order valence-electron chi connectivity index (χ3n) is 6.48. The number of hydrazone groups is 1.